The van der Waals surface area contributed by atoms with E-state index in [1.165, 1.54) is 0 Å². The number of aromatic carboxylic acids is 1. The number of nitrogens with one attached hydrogen (secondary N) is 1. The fourth-order valence-electron chi connectivity index (χ4n) is 1.37. The van der Waals surface area contributed by atoms with Gasteiger partial charge in [-0.3, -0.25) is 4.79 Å². The van der Waals surface area contributed by atoms with Crippen molar-refractivity contribution in [2.45, 2.75) is 6.92 Å². The third kappa shape index (κ3) is 2.55. The highest BCUT2D eigenvalue weighted by Crippen LogP contribution is 2.29. The van der Waals surface area contributed by atoms with E-state index in [-0.39, 0.29) is 10.8 Å². The number of hydrogen-bond donors (Lipinski definition) is 2. The zero-order valence-electron chi connectivity index (χ0n) is 9.19. The van der Waals surface area contributed by atoms with Crippen LogP contribution in [-0.4, -0.2) is 17.0 Å². The lowest BCUT2D eigenvalue weighted by Gasteiger charge is -2.04. The average Bonchev–Trinajstić information content (AvgIpc) is 2.87. The van der Waals surface area contributed by atoms with Crippen LogP contribution < -0.4 is 5.32 Å². The van der Waals surface area contributed by atoms with Crippen molar-refractivity contribution in [2.24, 2.45) is 0 Å². The number of halogens is 1. The summed E-state index contributed by atoms with van der Waals surface area (Å²) in [5.74, 6) is -1.40. The third-order valence-corrected chi connectivity index (χ3v) is 4.52. The SMILES string of the molecule is Cc1csc(C(=O)O)c1NC(=O)c1ccc(Cl)s1. The molecule has 0 spiro atoms. The molecule has 1 amide bonds. The molecule has 0 unspecified atom stereocenters. The van der Waals surface area contributed by atoms with E-state index < -0.39 is 5.97 Å². The first-order valence-electron chi connectivity index (χ1n) is 4.87. The Kier molecular flexibility index (Phi) is 3.70. The van der Waals surface area contributed by atoms with Crippen molar-refractivity contribution in [3.05, 3.63) is 37.2 Å². The van der Waals surface area contributed by atoms with Gasteiger partial charge in [0.25, 0.3) is 5.91 Å². The molecule has 2 N–H and O–H groups in total. The summed E-state index contributed by atoms with van der Waals surface area (Å²) in [6.07, 6.45) is 0. The molecular weight excluding hydrogens is 294 g/mol. The monoisotopic (exact) mass is 301 g/mol. The minimum Gasteiger partial charge on any atom is -0.477 e. The predicted molar refractivity (Wildman–Crippen MR) is 73.3 cm³/mol. The van der Waals surface area contributed by atoms with E-state index in [4.69, 9.17) is 16.7 Å². The topological polar surface area (TPSA) is 66.4 Å². The zero-order chi connectivity index (χ0) is 13.3. The summed E-state index contributed by atoms with van der Waals surface area (Å²) >= 11 is 7.98. The number of carbonyl (C=O) groups excluding carboxylic acids is 1. The average molecular weight is 302 g/mol. The quantitative estimate of drug-likeness (QED) is 0.908. The number of carbonyl (C=O) groups is 2. The Balaban J connectivity index is 2.27. The van der Waals surface area contributed by atoms with Gasteiger partial charge in [0.1, 0.15) is 4.88 Å². The number of carboxylic acids is 1. The smallest absolute Gasteiger partial charge is 0.348 e. The second-order valence-corrected chi connectivity index (χ2v) is 6.08. The van der Waals surface area contributed by atoms with Gasteiger partial charge in [-0.25, -0.2) is 4.79 Å². The molecule has 0 radical (unpaired) electrons. The summed E-state index contributed by atoms with van der Waals surface area (Å²) in [5.41, 5.74) is 1.08. The van der Waals surface area contributed by atoms with Gasteiger partial charge in [0.2, 0.25) is 0 Å². The van der Waals surface area contributed by atoms with E-state index in [2.05, 4.69) is 5.32 Å². The van der Waals surface area contributed by atoms with Gasteiger partial charge in [-0.2, -0.15) is 0 Å². The van der Waals surface area contributed by atoms with Crippen LogP contribution in [-0.2, 0) is 0 Å². The van der Waals surface area contributed by atoms with Crippen molar-refractivity contribution in [2.75, 3.05) is 5.32 Å². The summed E-state index contributed by atoms with van der Waals surface area (Å²) in [7, 11) is 0. The fraction of sp³-hybridized carbons (Fsp3) is 0.0909. The summed E-state index contributed by atoms with van der Waals surface area (Å²) in [5, 5.41) is 13.3. The Labute approximate surface area is 116 Å². The number of anilines is 1. The van der Waals surface area contributed by atoms with Gasteiger partial charge in [0.05, 0.1) is 14.9 Å². The fourth-order valence-corrected chi connectivity index (χ4v) is 3.15. The van der Waals surface area contributed by atoms with Crippen LogP contribution in [0.2, 0.25) is 4.34 Å². The summed E-state index contributed by atoms with van der Waals surface area (Å²) in [6.45, 7) is 1.75. The van der Waals surface area contributed by atoms with Crippen molar-refractivity contribution >= 4 is 51.8 Å². The van der Waals surface area contributed by atoms with E-state index in [1.807, 2.05) is 0 Å². The van der Waals surface area contributed by atoms with Crippen molar-refractivity contribution in [3.8, 4) is 0 Å². The van der Waals surface area contributed by atoms with E-state index in [1.54, 1.807) is 24.4 Å². The molecule has 0 atom stereocenters. The Morgan fingerprint density at radius 1 is 1.39 bits per heavy atom. The number of aryl methyl sites for hydroxylation is 1. The second kappa shape index (κ2) is 5.09. The molecule has 0 bridgehead atoms. The molecule has 0 aromatic carbocycles. The van der Waals surface area contributed by atoms with E-state index >= 15 is 0 Å². The summed E-state index contributed by atoms with van der Waals surface area (Å²) < 4.78 is 0.514. The number of rotatable bonds is 3. The van der Waals surface area contributed by atoms with Gasteiger partial charge in [-0.1, -0.05) is 11.6 Å². The zero-order valence-corrected chi connectivity index (χ0v) is 11.6. The lowest BCUT2D eigenvalue weighted by molar-refractivity contribution is 0.0703. The third-order valence-electron chi connectivity index (χ3n) is 2.20. The molecule has 2 aromatic rings. The second-order valence-electron chi connectivity index (χ2n) is 3.49. The van der Waals surface area contributed by atoms with Crippen LogP contribution >= 0.6 is 34.3 Å². The van der Waals surface area contributed by atoms with Crippen LogP contribution in [0.5, 0.6) is 0 Å². The molecule has 0 aliphatic rings. The van der Waals surface area contributed by atoms with Crippen molar-refractivity contribution < 1.29 is 14.7 Å². The van der Waals surface area contributed by atoms with Gasteiger partial charge in [-0.15, -0.1) is 22.7 Å². The largest absolute Gasteiger partial charge is 0.477 e. The number of carboxylic acid groups (broad SMARTS) is 1. The molecule has 0 fully saturated rings. The molecule has 0 aliphatic carbocycles. The van der Waals surface area contributed by atoms with Crippen LogP contribution in [0.3, 0.4) is 0 Å². The standard InChI is InChI=1S/C11H8ClNO3S2/c1-5-4-17-9(11(15)16)8(5)13-10(14)6-2-3-7(12)18-6/h2-4H,1H3,(H,13,14)(H,15,16). The highest BCUT2D eigenvalue weighted by Gasteiger charge is 2.18. The van der Waals surface area contributed by atoms with Crippen LogP contribution in [0.4, 0.5) is 5.69 Å². The van der Waals surface area contributed by atoms with Gasteiger partial charge in [0.15, 0.2) is 0 Å². The van der Waals surface area contributed by atoms with Crippen LogP contribution in [0, 0.1) is 6.92 Å². The maximum absolute atomic E-state index is 11.9. The first kappa shape index (κ1) is 13.1. The maximum atomic E-state index is 11.9. The highest BCUT2D eigenvalue weighted by molar-refractivity contribution is 7.18. The van der Waals surface area contributed by atoms with Crippen molar-refractivity contribution in [3.63, 3.8) is 0 Å². The van der Waals surface area contributed by atoms with Crippen molar-refractivity contribution in [1.82, 2.24) is 0 Å². The maximum Gasteiger partial charge on any atom is 0.348 e. The molecule has 2 heterocycles. The number of hydrogen-bond acceptors (Lipinski definition) is 4. The van der Waals surface area contributed by atoms with Gasteiger partial charge in [-0.05, 0) is 30.0 Å². The minimum absolute atomic E-state index is 0.128. The van der Waals surface area contributed by atoms with E-state index in [0.717, 1.165) is 28.2 Å². The summed E-state index contributed by atoms with van der Waals surface area (Å²) in [6, 6.07) is 3.23. The van der Waals surface area contributed by atoms with Gasteiger partial charge >= 0.3 is 5.97 Å². The Morgan fingerprint density at radius 3 is 2.67 bits per heavy atom. The molecule has 0 saturated carbocycles. The van der Waals surface area contributed by atoms with Crippen LogP contribution in [0.15, 0.2) is 17.5 Å². The molecular formula is C11H8ClNO3S2. The van der Waals surface area contributed by atoms with Gasteiger partial charge in [0, 0.05) is 0 Å². The molecule has 0 saturated heterocycles. The Morgan fingerprint density at radius 2 is 2.11 bits per heavy atom. The highest BCUT2D eigenvalue weighted by atomic mass is 35.5. The van der Waals surface area contributed by atoms with Crippen LogP contribution in [0.25, 0.3) is 0 Å². The number of amides is 1. The van der Waals surface area contributed by atoms with Crippen molar-refractivity contribution in [1.29, 1.82) is 0 Å². The lowest BCUT2D eigenvalue weighted by Crippen LogP contribution is -2.12. The Bertz CT molecular complexity index is 618. The molecule has 4 nitrogen and oxygen atoms in total. The van der Waals surface area contributed by atoms with Crippen LogP contribution in [0.1, 0.15) is 24.9 Å². The molecule has 0 aliphatic heterocycles. The molecule has 7 heteroatoms. The predicted octanol–water partition coefficient (Wildman–Crippen LogP) is 3.72. The normalized spacial score (nSPS) is 10.3. The first-order chi connectivity index (χ1) is 8.49. The molecule has 2 rings (SSSR count). The first-order valence-corrected chi connectivity index (χ1v) is 6.94. The number of thiophene rings is 2. The molecule has 2 aromatic heterocycles. The van der Waals surface area contributed by atoms with Gasteiger partial charge < -0.3 is 10.4 Å². The Hall–Kier alpha value is -1.37. The molecule has 94 valence electrons. The molecule has 18 heavy (non-hydrogen) atoms. The summed E-state index contributed by atoms with van der Waals surface area (Å²) in [4.78, 5) is 23.5. The van der Waals surface area contributed by atoms with E-state index in [9.17, 15) is 9.59 Å². The lowest BCUT2D eigenvalue weighted by atomic mass is 10.2. The minimum atomic E-state index is -1.05. The van der Waals surface area contributed by atoms with E-state index in [0.29, 0.717) is 14.9 Å².